The number of ketones is 1. The van der Waals surface area contributed by atoms with Crippen LogP contribution in [0.4, 0.5) is 0 Å². The number of carbonyl (C=O) groups excluding carboxylic acids is 2. The quantitative estimate of drug-likeness (QED) is 0.309. The fraction of sp³-hybridized carbons (Fsp3) is 0.417. The van der Waals surface area contributed by atoms with E-state index in [4.69, 9.17) is 0 Å². The highest BCUT2D eigenvalue weighted by atomic mass is 16.2. The third-order valence-corrected chi connectivity index (χ3v) is 2.82. The summed E-state index contributed by atoms with van der Waals surface area (Å²) in [5.41, 5.74) is 2.88. The molecular weight excluding hydrogens is 348 g/mol. The lowest BCUT2D eigenvalue weighted by Crippen LogP contribution is -2.23. The van der Waals surface area contributed by atoms with Gasteiger partial charge in [-0.3, -0.25) is 14.5 Å². The first-order valence-electron chi connectivity index (χ1n) is 7.45. The molecule has 0 unspecified atom stereocenters. The Morgan fingerprint density at radius 1 is 0.786 bits per heavy atom. The normalized spacial score (nSPS) is 7.57. The average molecular weight is 395 g/mol. The minimum Gasteiger partial charge on any atom is -0.345 e. The average Bonchev–Trinajstić information content (AvgIpc) is 2.43. The molecule has 4 heteroatoms. The molecule has 4 nitrogen and oxygen atoms in total. The summed E-state index contributed by atoms with van der Waals surface area (Å²) in [6, 6.07) is 0. The summed E-state index contributed by atoms with van der Waals surface area (Å²) in [6.07, 6.45) is 3.40. The predicted molar refractivity (Wildman–Crippen MR) is 130 cm³/mol. The van der Waals surface area contributed by atoms with Gasteiger partial charge in [-0.15, -0.1) is 0 Å². The number of hydrogen-bond acceptors (Lipinski definition) is 3. The molecule has 0 saturated carbocycles. The zero-order valence-corrected chi connectivity index (χ0v) is 15.5. The SMILES string of the molecule is C.C.C.C.C=CN(C(=C)C)C(=O)CC(=C)C.C=CN(CC(=O)C(=C)C)C(=C)C. The molecule has 0 fully saturated rings. The predicted octanol–water partition coefficient (Wildman–Crippen LogP) is 7.11. The van der Waals surface area contributed by atoms with E-state index in [1.54, 1.807) is 24.9 Å². The van der Waals surface area contributed by atoms with Crippen molar-refractivity contribution in [2.75, 3.05) is 6.54 Å². The Kier molecular flexibility index (Phi) is 29.7. The van der Waals surface area contributed by atoms with Crippen LogP contribution in [0.2, 0.25) is 0 Å². The van der Waals surface area contributed by atoms with Crippen molar-refractivity contribution in [2.45, 2.75) is 63.8 Å². The molecule has 0 N–H and O–H groups in total. The van der Waals surface area contributed by atoms with Crippen LogP contribution in [0.5, 0.6) is 0 Å². The zero-order chi connectivity index (χ0) is 19.4. The minimum absolute atomic E-state index is 0. The summed E-state index contributed by atoms with van der Waals surface area (Å²) < 4.78 is 0. The molecule has 0 aliphatic rings. The van der Waals surface area contributed by atoms with Crippen molar-refractivity contribution in [2.24, 2.45) is 0 Å². The highest BCUT2D eigenvalue weighted by molar-refractivity contribution is 5.95. The molecule has 0 atom stereocenters. The van der Waals surface area contributed by atoms with Gasteiger partial charge in [0, 0.05) is 24.0 Å². The summed E-state index contributed by atoms with van der Waals surface area (Å²) in [5.74, 6) is -0.0251. The molecule has 0 aromatic carbocycles. The van der Waals surface area contributed by atoms with E-state index in [2.05, 4.69) is 39.5 Å². The molecule has 28 heavy (non-hydrogen) atoms. The van der Waals surface area contributed by atoms with Crippen LogP contribution < -0.4 is 0 Å². The molecule has 0 spiro atoms. The monoisotopic (exact) mass is 394 g/mol. The van der Waals surface area contributed by atoms with E-state index >= 15 is 0 Å². The lowest BCUT2D eigenvalue weighted by Gasteiger charge is -2.18. The fourth-order valence-corrected chi connectivity index (χ4v) is 1.46. The number of amides is 1. The van der Waals surface area contributed by atoms with Crippen molar-refractivity contribution in [1.82, 2.24) is 9.80 Å². The van der Waals surface area contributed by atoms with Crippen LogP contribution in [-0.2, 0) is 9.59 Å². The third kappa shape index (κ3) is 18.2. The van der Waals surface area contributed by atoms with Gasteiger partial charge in [0.15, 0.2) is 5.78 Å². The minimum atomic E-state index is -0.0370. The molecule has 0 aromatic rings. The van der Waals surface area contributed by atoms with Gasteiger partial charge in [0.25, 0.3) is 0 Å². The van der Waals surface area contributed by atoms with E-state index in [0.29, 0.717) is 17.7 Å². The van der Waals surface area contributed by atoms with Gasteiger partial charge in [-0.1, -0.05) is 74.8 Å². The Balaban J connectivity index is -0.0000000756. The molecule has 0 aromatic heterocycles. The molecule has 0 aliphatic carbocycles. The summed E-state index contributed by atoms with van der Waals surface area (Å²) in [7, 11) is 0. The molecule has 0 rings (SSSR count). The molecule has 164 valence electrons. The van der Waals surface area contributed by atoms with Gasteiger partial charge in [0.2, 0.25) is 5.91 Å². The van der Waals surface area contributed by atoms with Crippen molar-refractivity contribution in [1.29, 1.82) is 0 Å². The van der Waals surface area contributed by atoms with Crippen LogP contribution in [0, 0.1) is 0 Å². The van der Waals surface area contributed by atoms with E-state index in [0.717, 1.165) is 11.3 Å². The summed E-state index contributed by atoms with van der Waals surface area (Å²) >= 11 is 0. The number of hydrogen-bond donors (Lipinski definition) is 0. The first-order chi connectivity index (χ1) is 11.0. The van der Waals surface area contributed by atoms with Crippen LogP contribution in [0.1, 0.15) is 63.8 Å². The Morgan fingerprint density at radius 2 is 1.21 bits per heavy atom. The topological polar surface area (TPSA) is 40.6 Å². The lowest BCUT2D eigenvalue weighted by molar-refractivity contribution is -0.126. The largest absolute Gasteiger partial charge is 0.345 e. The summed E-state index contributed by atoms with van der Waals surface area (Å²) in [6.45, 7) is 29.1. The highest BCUT2D eigenvalue weighted by Crippen LogP contribution is 2.07. The Bertz CT molecular complexity index is 557. The van der Waals surface area contributed by atoms with Crippen molar-refractivity contribution in [3.8, 4) is 0 Å². The fourth-order valence-electron chi connectivity index (χ4n) is 1.46. The zero-order valence-electron chi connectivity index (χ0n) is 15.5. The van der Waals surface area contributed by atoms with Gasteiger partial charge in [-0.25, -0.2) is 0 Å². The van der Waals surface area contributed by atoms with Gasteiger partial charge in [0.1, 0.15) is 0 Å². The van der Waals surface area contributed by atoms with Gasteiger partial charge in [-0.05, 0) is 39.5 Å². The first kappa shape index (κ1) is 40.2. The maximum absolute atomic E-state index is 11.4. The number of Topliss-reactive ketones (excluding diaryl/α,β-unsaturated/α-hetero) is 1. The van der Waals surface area contributed by atoms with Crippen molar-refractivity contribution < 1.29 is 9.59 Å². The van der Waals surface area contributed by atoms with Gasteiger partial charge in [0.05, 0.1) is 6.54 Å². The molecule has 0 bridgehead atoms. The van der Waals surface area contributed by atoms with Crippen molar-refractivity contribution in [3.05, 3.63) is 74.4 Å². The van der Waals surface area contributed by atoms with E-state index in [9.17, 15) is 9.59 Å². The van der Waals surface area contributed by atoms with E-state index in [1.807, 2.05) is 13.8 Å². The van der Waals surface area contributed by atoms with Gasteiger partial charge < -0.3 is 4.90 Å². The second kappa shape index (κ2) is 20.7. The Labute approximate surface area is 176 Å². The Morgan fingerprint density at radius 3 is 1.43 bits per heavy atom. The standard InChI is InChI=1S/2C10H15NO.4CH4/c1-6-11(9(4)5)7-10(12)8(2)3;1-6-11(9(4)5)10(12)7-8(2)3;;;;/h2*6H,1-2,4,7H2,3,5H3;4*1H4. The molecule has 1 amide bonds. The van der Waals surface area contributed by atoms with Crippen LogP contribution in [0.25, 0.3) is 0 Å². The second-order valence-corrected chi connectivity index (χ2v) is 5.56. The Hall–Kier alpha value is -2.62. The lowest BCUT2D eigenvalue weighted by atomic mass is 10.2. The molecule has 0 aliphatic heterocycles. The number of carbonyl (C=O) groups is 2. The number of allylic oxidation sites excluding steroid dienone is 2. The number of rotatable bonds is 9. The maximum atomic E-state index is 11.4. The van der Waals surface area contributed by atoms with E-state index in [1.165, 1.54) is 11.1 Å². The van der Waals surface area contributed by atoms with E-state index < -0.39 is 0 Å². The van der Waals surface area contributed by atoms with Crippen LogP contribution in [0.3, 0.4) is 0 Å². The van der Waals surface area contributed by atoms with Gasteiger partial charge in [-0.2, -0.15) is 0 Å². The summed E-state index contributed by atoms with van der Waals surface area (Å²) in [4.78, 5) is 25.7. The molecule has 0 saturated heterocycles. The van der Waals surface area contributed by atoms with Crippen LogP contribution in [-0.4, -0.2) is 28.0 Å². The van der Waals surface area contributed by atoms with Crippen molar-refractivity contribution >= 4 is 11.7 Å². The van der Waals surface area contributed by atoms with Crippen LogP contribution in [0.15, 0.2) is 74.4 Å². The molecule has 0 radical (unpaired) electrons. The van der Waals surface area contributed by atoms with Crippen LogP contribution >= 0.6 is 0 Å². The smallest absolute Gasteiger partial charge is 0.234 e. The third-order valence-electron chi connectivity index (χ3n) is 2.82. The first-order valence-corrected chi connectivity index (χ1v) is 7.45. The molecular formula is C24H46N2O2. The van der Waals surface area contributed by atoms with Crippen molar-refractivity contribution in [3.63, 3.8) is 0 Å². The van der Waals surface area contributed by atoms with Gasteiger partial charge >= 0.3 is 0 Å². The number of nitrogens with zero attached hydrogens (tertiary/aromatic N) is 2. The van der Waals surface area contributed by atoms with E-state index in [-0.39, 0.29) is 47.9 Å². The summed E-state index contributed by atoms with van der Waals surface area (Å²) in [5, 5.41) is 0. The second-order valence-electron chi connectivity index (χ2n) is 5.56. The molecule has 0 heterocycles. The highest BCUT2D eigenvalue weighted by Gasteiger charge is 2.10. The maximum Gasteiger partial charge on any atom is 0.234 e.